The summed E-state index contributed by atoms with van der Waals surface area (Å²) in [4.78, 5) is 17.1. The van der Waals surface area contributed by atoms with Crippen molar-refractivity contribution in [1.82, 2.24) is 19.3 Å². The first-order valence-electron chi connectivity index (χ1n) is 9.69. The largest absolute Gasteiger partial charge is 0.338 e. The average molecular weight is 443 g/mol. The first-order chi connectivity index (χ1) is 14.8. The van der Waals surface area contributed by atoms with Crippen LogP contribution in [0.15, 0.2) is 57.9 Å². The Labute approximate surface area is 179 Å². The van der Waals surface area contributed by atoms with E-state index in [1.54, 1.807) is 36.4 Å². The third-order valence-corrected chi connectivity index (χ3v) is 7.05. The highest BCUT2D eigenvalue weighted by molar-refractivity contribution is 7.89. The van der Waals surface area contributed by atoms with Crippen LogP contribution in [0, 0.1) is 17.0 Å². The summed E-state index contributed by atoms with van der Waals surface area (Å²) in [5.41, 5.74) is 1.46. The number of non-ortho nitro benzene ring substituents is 1. The fraction of sp³-hybridized carbons (Fsp3) is 0.300. The van der Waals surface area contributed by atoms with Crippen LogP contribution in [0.5, 0.6) is 0 Å². The van der Waals surface area contributed by atoms with Gasteiger partial charge in [-0.25, -0.2) is 8.42 Å². The molecule has 1 saturated heterocycles. The molecular weight excluding hydrogens is 422 g/mol. The maximum atomic E-state index is 12.8. The van der Waals surface area contributed by atoms with Gasteiger partial charge in [0.25, 0.3) is 5.69 Å². The van der Waals surface area contributed by atoms with E-state index in [1.807, 2.05) is 11.8 Å². The van der Waals surface area contributed by atoms with Crippen molar-refractivity contribution in [2.75, 3.05) is 26.2 Å². The Morgan fingerprint density at radius 2 is 1.81 bits per heavy atom. The standard InChI is InChI=1S/C20H21N5O5S/c1-15-5-7-18(8-6-15)31(28,29)24-11-9-23(10-12-24)14-19-21-20(22-30-19)16-3-2-4-17(13-16)25(26)27/h2-8,13H,9-12,14H2,1H3. The number of nitro groups is 1. The van der Waals surface area contributed by atoms with Crippen molar-refractivity contribution in [1.29, 1.82) is 0 Å². The molecule has 0 bridgehead atoms. The molecule has 162 valence electrons. The number of benzene rings is 2. The highest BCUT2D eigenvalue weighted by atomic mass is 32.2. The number of piperazine rings is 1. The van der Waals surface area contributed by atoms with E-state index in [0.717, 1.165) is 5.56 Å². The summed E-state index contributed by atoms with van der Waals surface area (Å²) in [7, 11) is -3.52. The van der Waals surface area contributed by atoms with Crippen LogP contribution in [0.2, 0.25) is 0 Å². The number of nitro benzene ring substituents is 1. The fourth-order valence-electron chi connectivity index (χ4n) is 3.37. The molecule has 0 atom stereocenters. The van der Waals surface area contributed by atoms with E-state index in [9.17, 15) is 18.5 Å². The summed E-state index contributed by atoms with van der Waals surface area (Å²) in [6, 6.07) is 12.9. The summed E-state index contributed by atoms with van der Waals surface area (Å²) in [5.74, 6) is 0.649. The van der Waals surface area contributed by atoms with Gasteiger partial charge in [0.05, 0.1) is 16.4 Å². The van der Waals surface area contributed by atoms with Crippen molar-refractivity contribution in [3.63, 3.8) is 0 Å². The summed E-state index contributed by atoms with van der Waals surface area (Å²) in [6.07, 6.45) is 0. The van der Waals surface area contributed by atoms with Crippen LogP contribution in [0.3, 0.4) is 0 Å². The van der Waals surface area contributed by atoms with Crippen LogP contribution in [0.4, 0.5) is 5.69 Å². The first kappa shape index (κ1) is 21.1. The molecule has 0 aliphatic carbocycles. The van der Waals surface area contributed by atoms with E-state index in [1.165, 1.54) is 16.4 Å². The van der Waals surface area contributed by atoms with Crippen LogP contribution in [0.1, 0.15) is 11.5 Å². The molecule has 2 aromatic carbocycles. The second-order valence-corrected chi connectivity index (χ2v) is 9.25. The maximum absolute atomic E-state index is 12.8. The highest BCUT2D eigenvalue weighted by Crippen LogP contribution is 2.22. The lowest BCUT2D eigenvalue weighted by molar-refractivity contribution is -0.384. The predicted octanol–water partition coefficient (Wildman–Crippen LogP) is 2.46. The molecule has 0 radical (unpaired) electrons. The summed E-state index contributed by atoms with van der Waals surface area (Å²) in [6.45, 7) is 4.07. The molecule has 11 heteroatoms. The Morgan fingerprint density at radius 1 is 1.10 bits per heavy atom. The molecule has 1 aromatic heterocycles. The van der Waals surface area contributed by atoms with Crippen molar-refractivity contribution < 1.29 is 17.9 Å². The normalized spacial score (nSPS) is 15.8. The number of aromatic nitrogens is 2. The van der Waals surface area contributed by atoms with Gasteiger partial charge >= 0.3 is 0 Å². The molecule has 0 unspecified atom stereocenters. The minimum absolute atomic E-state index is 0.0465. The predicted molar refractivity (Wildman–Crippen MR) is 112 cm³/mol. The Kier molecular flexibility index (Phi) is 5.81. The molecule has 2 heterocycles. The quantitative estimate of drug-likeness (QED) is 0.420. The van der Waals surface area contributed by atoms with Crippen LogP contribution in [-0.4, -0.2) is 58.9 Å². The van der Waals surface area contributed by atoms with Crippen LogP contribution < -0.4 is 0 Å². The number of hydrogen-bond donors (Lipinski definition) is 0. The smallest absolute Gasteiger partial charge is 0.270 e. The Bertz CT molecular complexity index is 1180. The van der Waals surface area contributed by atoms with Gasteiger partial charge in [-0.2, -0.15) is 9.29 Å². The monoisotopic (exact) mass is 443 g/mol. The van der Waals surface area contributed by atoms with Crippen molar-refractivity contribution in [2.24, 2.45) is 0 Å². The molecule has 3 aromatic rings. The summed E-state index contributed by atoms with van der Waals surface area (Å²) < 4.78 is 32.4. The van der Waals surface area contributed by atoms with Gasteiger partial charge < -0.3 is 4.52 Å². The second-order valence-electron chi connectivity index (χ2n) is 7.31. The third kappa shape index (κ3) is 4.63. The Balaban J connectivity index is 1.38. The van der Waals surface area contributed by atoms with Crippen LogP contribution in [0.25, 0.3) is 11.4 Å². The lowest BCUT2D eigenvalue weighted by Gasteiger charge is -2.33. The van der Waals surface area contributed by atoms with Crippen molar-refractivity contribution >= 4 is 15.7 Å². The Hall–Kier alpha value is -3.15. The molecule has 0 N–H and O–H groups in total. The van der Waals surface area contributed by atoms with Crippen molar-refractivity contribution in [3.8, 4) is 11.4 Å². The van der Waals surface area contributed by atoms with Gasteiger partial charge in [0.1, 0.15) is 0 Å². The van der Waals surface area contributed by atoms with Crippen LogP contribution >= 0.6 is 0 Å². The highest BCUT2D eigenvalue weighted by Gasteiger charge is 2.29. The first-order valence-corrected chi connectivity index (χ1v) is 11.1. The fourth-order valence-corrected chi connectivity index (χ4v) is 4.80. The Morgan fingerprint density at radius 3 is 2.48 bits per heavy atom. The van der Waals surface area contributed by atoms with E-state index in [0.29, 0.717) is 49.1 Å². The van der Waals surface area contributed by atoms with Gasteiger partial charge in [0.2, 0.25) is 21.7 Å². The van der Waals surface area contributed by atoms with E-state index in [2.05, 4.69) is 10.1 Å². The lowest BCUT2D eigenvalue weighted by atomic mass is 10.2. The number of rotatable bonds is 6. The van der Waals surface area contributed by atoms with Gasteiger partial charge in [-0.1, -0.05) is 35.0 Å². The van der Waals surface area contributed by atoms with Crippen molar-refractivity contribution in [3.05, 3.63) is 70.1 Å². The lowest BCUT2D eigenvalue weighted by Crippen LogP contribution is -2.48. The number of hydrogen-bond acceptors (Lipinski definition) is 8. The van der Waals surface area contributed by atoms with Gasteiger partial charge in [0.15, 0.2) is 0 Å². The molecule has 31 heavy (non-hydrogen) atoms. The van der Waals surface area contributed by atoms with Crippen molar-refractivity contribution in [2.45, 2.75) is 18.4 Å². The van der Waals surface area contributed by atoms with E-state index in [4.69, 9.17) is 4.52 Å². The van der Waals surface area contributed by atoms with Gasteiger partial charge in [-0.3, -0.25) is 15.0 Å². The maximum Gasteiger partial charge on any atom is 0.270 e. The van der Waals surface area contributed by atoms with Gasteiger partial charge in [0, 0.05) is 43.9 Å². The minimum Gasteiger partial charge on any atom is -0.338 e. The zero-order chi connectivity index (χ0) is 22.0. The van der Waals surface area contributed by atoms with E-state index >= 15 is 0 Å². The molecule has 10 nitrogen and oxygen atoms in total. The SMILES string of the molecule is Cc1ccc(S(=O)(=O)N2CCN(Cc3nc(-c4cccc([N+](=O)[O-])c4)no3)CC2)cc1. The second kappa shape index (κ2) is 8.53. The number of aryl methyl sites for hydroxylation is 1. The molecule has 1 aliphatic heterocycles. The molecule has 1 fully saturated rings. The summed E-state index contributed by atoms with van der Waals surface area (Å²) in [5, 5.41) is 14.9. The molecule has 0 amide bonds. The average Bonchev–Trinajstić information content (AvgIpc) is 3.23. The van der Waals surface area contributed by atoms with Crippen LogP contribution in [-0.2, 0) is 16.6 Å². The van der Waals surface area contributed by atoms with E-state index < -0.39 is 14.9 Å². The zero-order valence-corrected chi connectivity index (χ0v) is 17.7. The van der Waals surface area contributed by atoms with E-state index in [-0.39, 0.29) is 11.5 Å². The number of sulfonamides is 1. The zero-order valence-electron chi connectivity index (χ0n) is 16.8. The molecular formula is C20H21N5O5S. The minimum atomic E-state index is -3.52. The summed E-state index contributed by atoms with van der Waals surface area (Å²) >= 11 is 0. The molecule has 0 spiro atoms. The van der Waals surface area contributed by atoms with Gasteiger partial charge in [-0.05, 0) is 19.1 Å². The topological polar surface area (TPSA) is 123 Å². The number of nitrogens with zero attached hydrogens (tertiary/aromatic N) is 5. The molecule has 4 rings (SSSR count). The molecule has 1 aliphatic rings. The molecule has 0 saturated carbocycles. The third-order valence-electron chi connectivity index (χ3n) is 5.13. The van der Waals surface area contributed by atoms with Gasteiger partial charge in [-0.15, -0.1) is 0 Å².